The highest BCUT2D eigenvalue weighted by molar-refractivity contribution is 7.22. The molecule has 2 aromatic carbocycles. The lowest BCUT2D eigenvalue weighted by Gasteiger charge is -2.17. The van der Waals surface area contributed by atoms with Gasteiger partial charge >= 0.3 is 0 Å². The lowest BCUT2D eigenvalue weighted by Crippen LogP contribution is -2.07. The molecule has 3 rings (SSSR count). The van der Waals surface area contributed by atoms with E-state index in [1.165, 1.54) is 26.3 Å². The van der Waals surface area contributed by atoms with Crippen LogP contribution < -0.4 is 4.90 Å². The summed E-state index contributed by atoms with van der Waals surface area (Å²) in [6.45, 7) is 2.11. The van der Waals surface area contributed by atoms with Crippen LogP contribution in [0.3, 0.4) is 0 Å². The molecule has 0 atom stereocenters. The number of rotatable bonds is 2. The molecule has 0 saturated heterocycles. The zero-order valence-corrected chi connectivity index (χ0v) is 11.4. The predicted octanol–water partition coefficient (Wildman–Crippen LogP) is 4.98. The Bertz CT molecular complexity index is 634. The first kappa shape index (κ1) is 11.3. The van der Waals surface area contributed by atoms with Crippen LogP contribution in [-0.2, 0) is 0 Å². The maximum absolute atomic E-state index is 2.25. The van der Waals surface area contributed by atoms with Gasteiger partial charge in [-0.25, -0.2) is 0 Å². The van der Waals surface area contributed by atoms with Crippen LogP contribution in [0.2, 0.25) is 0 Å². The third-order valence-corrected chi connectivity index (χ3v) is 4.36. The number of thiophene rings is 1. The van der Waals surface area contributed by atoms with Gasteiger partial charge in [0.05, 0.1) is 5.00 Å². The molecule has 0 radical (unpaired) electrons. The summed E-state index contributed by atoms with van der Waals surface area (Å²) < 4.78 is 1.34. The molecule has 0 aliphatic carbocycles. The minimum Gasteiger partial charge on any atom is -0.336 e. The molecule has 0 aliphatic rings. The molecule has 0 amide bonds. The molecule has 90 valence electrons. The highest BCUT2D eigenvalue weighted by atomic mass is 32.1. The van der Waals surface area contributed by atoms with Gasteiger partial charge in [0, 0.05) is 17.4 Å². The zero-order valence-electron chi connectivity index (χ0n) is 10.6. The van der Waals surface area contributed by atoms with Crippen LogP contribution >= 0.6 is 11.3 Å². The number of anilines is 2. The van der Waals surface area contributed by atoms with E-state index in [0.717, 1.165) is 0 Å². The minimum absolute atomic E-state index is 1.23. The van der Waals surface area contributed by atoms with Gasteiger partial charge in [-0.05, 0) is 36.6 Å². The standard InChI is InChI=1S/C16H15NS/c1-12-7-9-14(10-8-12)17(2)16-11-13-5-3-4-6-15(13)18-16/h3-11H,1-2H3. The molecule has 1 aromatic heterocycles. The average molecular weight is 253 g/mol. The number of fused-ring (bicyclic) bond motifs is 1. The van der Waals surface area contributed by atoms with E-state index in [1.54, 1.807) is 0 Å². The van der Waals surface area contributed by atoms with Crippen molar-refractivity contribution < 1.29 is 0 Å². The van der Waals surface area contributed by atoms with E-state index in [1.807, 2.05) is 11.3 Å². The van der Waals surface area contributed by atoms with Crippen molar-refractivity contribution in [1.82, 2.24) is 0 Å². The van der Waals surface area contributed by atoms with Gasteiger partial charge < -0.3 is 4.90 Å². The van der Waals surface area contributed by atoms with Crippen molar-refractivity contribution in [1.29, 1.82) is 0 Å². The van der Waals surface area contributed by atoms with Crippen molar-refractivity contribution in [2.24, 2.45) is 0 Å². The second kappa shape index (κ2) is 4.46. The fraction of sp³-hybridized carbons (Fsp3) is 0.125. The number of hydrogen-bond donors (Lipinski definition) is 0. The smallest absolute Gasteiger partial charge is 0.0962 e. The summed E-state index contributed by atoms with van der Waals surface area (Å²) in [5.74, 6) is 0. The van der Waals surface area contributed by atoms with Crippen LogP contribution in [0.4, 0.5) is 10.7 Å². The van der Waals surface area contributed by atoms with Crippen molar-refractivity contribution in [3.05, 3.63) is 60.2 Å². The van der Waals surface area contributed by atoms with Crippen molar-refractivity contribution in [2.45, 2.75) is 6.92 Å². The molecule has 2 heteroatoms. The Labute approximate surface area is 111 Å². The van der Waals surface area contributed by atoms with Crippen LogP contribution in [0.15, 0.2) is 54.6 Å². The van der Waals surface area contributed by atoms with E-state index in [9.17, 15) is 0 Å². The number of nitrogens with zero attached hydrogens (tertiary/aromatic N) is 1. The van der Waals surface area contributed by atoms with Gasteiger partial charge in [-0.2, -0.15) is 0 Å². The summed E-state index contributed by atoms with van der Waals surface area (Å²) >= 11 is 1.83. The third-order valence-electron chi connectivity index (χ3n) is 3.16. The summed E-state index contributed by atoms with van der Waals surface area (Å²) in [4.78, 5) is 2.24. The van der Waals surface area contributed by atoms with E-state index in [0.29, 0.717) is 0 Å². The normalized spacial score (nSPS) is 10.8. The zero-order chi connectivity index (χ0) is 12.5. The Morgan fingerprint density at radius 2 is 1.67 bits per heavy atom. The molecule has 0 fully saturated rings. The Morgan fingerprint density at radius 1 is 0.944 bits per heavy atom. The average Bonchev–Trinajstić information content (AvgIpc) is 2.82. The summed E-state index contributed by atoms with van der Waals surface area (Å²) in [7, 11) is 2.12. The van der Waals surface area contributed by atoms with Crippen molar-refractivity contribution in [3.8, 4) is 0 Å². The van der Waals surface area contributed by atoms with Crippen molar-refractivity contribution in [3.63, 3.8) is 0 Å². The molecular weight excluding hydrogens is 238 g/mol. The molecule has 0 bridgehead atoms. The molecular formula is C16H15NS. The van der Waals surface area contributed by atoms with Gasteiger partial charge in [-0.1, -0.05) is 35.9 Å². The van der Waals surface area contributed by atoms with Gasteiger partial charge in [-0.3, -0.25) is 0 Å². The van der Waals surface area contributed by atoms with Gasteiger partial charge in [0.1, 0.15) is 0 Å². The summed E-state index contributed by atoms with van der Waals surface area (Å²) in [6.07, 6.45) is 0. The minimum atomic E-state index is 1.23. The first-order chi connectivity index (χ1) is 8.74. The molecule has 0 saturated carbocycles. The van der Waals surface area contributed by atoms with Crippen LogP contribution in [0, 0.1) is 6.92 Å². The van der Waals surface area contributed by atoms with Crippen LogP contribution in [0.25, 0.3) is 10.1 Å². The maximum Gasteiger partial charge on any atom is 0.0962 e. The first-order valence-electron chi connectivity index (χ1n) is 6.03. The lowest BCUT2D eigenvalue weighted by molar-refractivity contribution is 1.23. The van der Waals surface area contributed by atoms with Crippen molar-refractivity contribution in [2.75, 3.05) is 11.9 Å². The Morgan fingerprint density at radius 3 is 2.39 bits per heavy atom. The van der Waals surface area contributed by atoms with E-state index >= 15 is 0 Å². The highest BCUT2D eigenvalue weighted by Crippen LogP contribution is 2.35. The molecule has 0 spiro atoms. The largest absolute Gasteiger partial charge is 0.336 e. The van der Waals surface area contributed by atoms with E-state index in [2.05, 4.69) is 73.5 Å². The van der Waals surface area contributed by atoms with Gasteiger partial charge in [0.15, 0.2) is 0 Å². The van der Waals surface area contributed by atoms with Crippen LogP contribution in [-0.4, -0.2) is 7.05 Å². The van der Waals surface area contributed by atoms with Gasteiger partial charge in [0.25, 0.3) is 0 Å². The van der Waals surface area contributed by atoms with E-state index in [4.69, 9.17) is 0 Å². The number of hydrogen-bond acceptors (Lipinski definition) is 2. The molecule has 1 heterocycles. The summed E-state index contributed by atoms with van der Waals surface area (Å²) in [5, 5.41) is 2.59. The van der Waals surface area contributed by atoms with Crippen molar-refractivity contribution >= 4 is 32.1 Å². The Kier molecular flexibility index (Phi) is 2.80. The quantitative estimate of drug-likeness (QED) is 0.622. The highest BCUT2D eigenvalue weighted by Gasteiger charge is 2.07. The van der Waals surface area contributed by atoms with Gasteiger partial charge in [0.2, 0.25) is 0 Å². The SMILES string of the molecule is Cc1ccc(N(C)c2cc3ccccc3s2)cc1. The number of benzene rings is 2. The van der Waals surface area contributed by atoms with E-state index < -0.39 is 0 Å². The molecule has 0 N–H and O–H groups in total. The Hall–Kier alpha value is -1.80. The van der Waals surface area contributed by atoms with Crippen LogP contribution in [0.5, 0.6) is 0 Å². The molecule has 1 nitrogen and oxygen atoms in total. The lowest BCUT2D eigenvalue weighted by atomic mass is 10.2. The summed E-state index contributed by atoms with van der Waals surface area (Å²) in [6, 6.07) is 19.4. The number of aryl methyl sites for hydroxylation is 1. The van der Waals surface area contributed by atoms with Crippen LogP contribution in [0.1, 0.15) is 5.56 Å². The monoisotopic (exact) mass is 253 g/mol. The van der Waals surface area contributed by atoms with E-state index in [-0.39, 0.29) is 0 Å². The molecule has 0 unspecified atom stereocenters. The fourth-order valence-electron chi connectivity index (χ4n) is 2.03. The van der Waals surface area contributed by atoms with Gasteiger partial charge in [-0.15, -0.1) is 11.3 Å². The molecule has 3 aromatic rings. The summed E-state index contributed by atoms with van der Waals surface area (Å²) in [5.41, 5.74) is 2.52. The topological polar surface area (TPSA) is 3.24 Å². The second-order valence-corrected chi connectivity index (χ2v) is 5.58. The predicted molar refractivity (Wildman–Crippen MR) is 81.1 cm³/mol. The molecule has 18 heavy (non-hydrogen) atoms. The Balaban J connectivity index is 2.00. The second-order valence-electron chi connectivity index (χ2n) is 4.52. The third kappa shape index (κ3) is 2.00. The molecule has 0 aliphatic heterocycles. The fourth-order valence-corrected chi connectivity index (χ4v) is 3.07. The maximum atomic E-state index is 2.25. The first-order valence-corrected chi connectivity index (χ1v) is 6.85.